The Morgan fingerprint density at radius 2 is 1.48 bits per heavy atom. The van der Waals surface area contributed by atoms with Gasteiger partial charge in [0.05, 0.1) is 4.90 Å². The summed E-state index contributed by atoms with van der Waals surface area (Å²) in [6.07, 6.45) is 10.9. The average molecular weight is 478 g/mol. The van der Waals surface area contributed by atoms with E-state index in [1.807, 2.05) is 0 Å². The maximum atomic E-state index is 13.4. The maximum absolute atomic E-state index is 13.4. The van der Waals surface area contributed by atoms with Crippen molar-refractivity contribution in [2.45, 2.75) is 93.8 Å². The van der Waals surface area contributed by atoms with E-state index in [-0.39, 0.29) is 16.7 Å². The summed E-state index contributed by atoms with van der Waals surface area (Å²) >= 11 is 0. The molecule has 1 saturated heterocycles. The number of carboxylic acids is 1. The molecule has 0 aromatic heterocycles. The van der Waals surface area contributed by atoms with Crippen LogP contribution in [0, 0.1) is 11.8 Å². The van der Waals surface area contributed by atoms with Crippen LogP contribution >= 0.6 is 0 Å². The van der Waals surface area contributed by atoms with Crippen LogP contribution in [0.4, 0.5) is 0 Å². The number of hydrogen-bond donors (Lipinski definition) is 1. The van der Waals surface area contributed by atoms with Crippen LogP contribution in [-0.4, -0.2) is 43.2 Å². The smallest absolute Gasteiger partial charge is 0.373 e. The van der Waals surface area contributed by atoms with E-state index in [0.29, 0.717) is 18.8 Å². The standard InChI is InChI=1S/C25H35NO6S/c27-23(28)24-31-22-14-13-20(33(29,30)26-15-7-8-16-26)17-21(22)25(32-24,18-9-3-1-4-10-18)19-11-5-2-6-12-19/h13-14,17-19,24H,1-12,15-16H2,(H,27,28). The lowest BCUT2D eigenvalue weighted by Crippen LogP contribution is -2.54. The Balaban J connectivity index is 1.66. The average Bonchev–Trinajstić information content (AvgIpc) is 3.40. The van der Waals surface area contributed by atoms with Crippen LogP contribution < -0.4 is 4.74 Å². The predicted molar refractivity (Wildman–Crippen MR) is 122 cm³/mol. The Hall–Kier alpha value is -1.64. The summed E-state index contributed by atoms with van der Waals surface area (Å²) < 4.78 is 40.7. The third-order valence-corrected chi connectivity index (χ3v) is 10.1. The summed E-state index contributed by atoms with van der Waals surface area (Å²) in [5.41, 5.74) is -0.0762. The molecule has 5 rings (SSSR count). The molecule has 0 radical (unpaired) electrons. The highest BCUT2D eigenvalue weighted by molar-refractivity contribution is 7.89. The highest BCUT2D eigenvalue weighted by Gasteiger charge is 2.55. The Bertz CT molecular complexity index is 957. The van der Waals surface area contributed by atoms with Gasteiger partial charge in [0.25, 0.3) is 6.29 Å². The van der Waals surface area contributed by atoms with Crippen molar-refractivity contribution in [2.24, 2.45) is 11.8 Å². The summed E-state index contributed by atoms with van der Waals surface area (Å²) in [5.74, 6) is -0.359. The van der Waals surface area contributed by atoms with Crippen LogP contribution in [0.15, 0.2) is 23.1 Å². The summed E-state index contributed by atoms with van der Waals surface area (Å²) in [6, 6.07) is 4.99. The van der Waals surface area contributed by atoms with Gasteiger partial charge in [-0.25, -0.2) is 13.2 Å². The van der Waals surface area contributed by atoms with Crippen LogP contribution in [-0.2, 0) is 25.2 Å². The van der Waals surface area contributed by atoms with Crippen LogP contribution in [0.25, 0.3) is 0 Å². The van der Waals surface area contributed by atoms with Gasteiger partial charge in [-0.1, -0.05) is 38.5 Å². The molecule has 33 heavy (non-hydrogen) atoms. The number of hydrogen-bond acceptors (Lipinski definition) is 5. The molecule has 1 N–H and O–H groups in total. The van der Waals surface area contributed by atoms with Gasteiger partial charge in [-0.2, -0.15) is 4.31 Å². The van der Waals surface area contributed by atoms with E-state index >= 15 is 0 Å². The van der Waals surface area contributed by atoms with Gasteiger partial charge >= 0.3 is 5.97 Å². The molecule has 2 saturated carbocycles. The Kier molecular flexibility index (Phi) is 6.44. The number of carbonyl (C=O) groups is 1. The van der Waals surface area contributed by atoms with Gasteiger partial charge in [0.1, 0.15) is 11.4 Å². The second kappa shape index (κ2) is 9.19. The highest BCUT2D eigenvalue weighted by Crippen LogP contribution is 2.56. The fraction of sp³-hybridized carbons (Fsp3) is 0.720. The number of benzene rings is 1. The molecule has 1 aromatic rings. The van der Waals surface area contributed by atoms with Crippen molar-refractivity contribution in [2.75, 3.05) is 13.1 Å². The molecule has 0 spiro atoms. The van der Waals surface area contributed by atoms with E-state index < -0.39 is 27.9 Å². The Morgan fingerprint density at radius 1 is 0.909 bits per heavy atom. The molecular weight excluding hydrogens is 442 g/mol. The van der Waals surface area contributed by atoms with E-state index in [0.717, 1.165) is 69.8 Å². The summed E-state index contributed by atoms with van der Waals surface area (Å²) in [5, 5.41) is 9.87. The Morgan fingerprint density at radius 3 is 2.03 bits per heavy atom. The first-order valence-electron chi connectivity index (χ1n) is 12.6. The number of rotatable bonds is 5. The molecule has 1 atom stereocenters. The van der Waals surface area contributed by atoms with Gasteiger partial charge in [-0.3, -0.25) is 0 Å². The number of fused-ring (bicyclic) bond motifs is 1. The molecule has 1 aromatic carbocycles. The zero-order valence-corrected chi connectivity index (χ0v) is 20.0. The van der Waals surface area contributed by atoms with E-state index in [1.54, 1.807) is 22.5 Å². The first-order chi connectivity index (χ1) is 15.9. The summed E-state index contributed by atoms with van der Waals surface area (Å²) in [6.45, 7) is 1.09. The lowest BCUT2D eigenvalue weighted by atomic mass is 9.63. The first kappa shape index (κ1) is 23.1. The second-order valence-electron chi connectivity index (χ2n) is 10.1. The monoisotopic (exact) mass is 477 g/mol. The Labute approximate surface area is 196 Å². The third-order valence-electron chi connectivity index (χ3n) is 8.24. The number of ether oxygens (including phenoxy) is 2. The normalized spacial score (nSPS) is 27.1. The van der Waals surface area contributed by atoms with E-state index in [2.05, 4.69) is 0 Å². The third kappa shape index (κ3) is 4.08. The minimum absolute atomic E-state index is 0.156. The van der Waals surface area contributed by atoms with Crippen molar-refractivity contribution in [3.63, 3.8) is 0 Å². The number of sulfonamides is 1. The van der Waals surface area contributed by atoms with Crippen LogP contribution in [0.1, 0.15) is 82.6 Å². The SMILES string of the molecule is O=C(O)C1Oc2ccc(S(=O)(=O)N3CCCC3)cc2C(C2CCCCC2)(C2CCCCC2)O1. The molecule has 7 nitrogen and oxygen atoms in total. The molecule has 1 unspecified atom stereocenters. The van der Waals surface area contributed by atoms with E-state index in [1.165, 1.54) is 12.8 Å². The minimum Gasteiger partial charge on any atom is -0.477 e. The topological polar surface area (TPSA) is 93.1 Å². The number of nitrogens with zero attached hydrogens (tertiary/aromatic N) is 1. The van der Waals surface area contributed by atoms with Gasteiger partial charge in [-0.15, -0.1) is 0 Å². The number of aliphatic carboxylic acids is 1. The van der Waals surface area contributed by atoms with Crippen molar-refractivity contribution in [3.05, 3.63) is 23.8 Å². The fourth-order valence-corrected chi connectivity index (χ4v) is 8.21. The zero-order chi connectivity index (χ0) is 23.1. The van der Waals surface area contributed by atoms with Gasteiger partial charge in [-0.05, 0) is 68.6 Å². The quantitative estimate of drug-likeness (QED) is 0.664. The van der Waals surface area contributed by atoms with E-state index in [4.69, 9.17) is 9.47 Å². The van der Waals surface area contributed by atoms with Gasteiger partial charge in [0.2, 0.25) is 10.0 Å². The lowest BCUT2D eigenvalue weighted by Gasteiger charge is -2.52. The molecule has 3 fully saturated rings. The van der Waals surface area contributed by atoms with Crippen molar-refractivity contribution >= 4 is 16.0 Å². The summed E-state index contributed by atoms with van der Waals surface area (Å²) in [7, 11) is -3.61. The van der Waals surface area contributed by atoms with Gasteiger partial charge in [0.15, 0.2) is 0 Å². The molecule has 2 heterocycles. The minimum atomic E-state index is -3.61. The molecule has 0 amide bonds. The number of carboxylic acid groups (broad SMARTS) is 1. The van der Waals surface area contributed by atoms with Crippen molar-refractivity contribution in [1.82, 2.24) is 4.31 Å². The first-order valence-corrected chi connectivity index (χ1v) is 14.1. The predicted octanol–water partition coefficient (Wildman–Crippen LogP) is 4.65. The molecule has 8 heteroatoms. The molecule has 0 bridgehead atoms. The van der Waals surface area contributed by atoms with Gasteiger partial charge in [0, 0.05) is 18.7 Å². The van der Waals surface area contributed by atoms with Crippen LogP contribution in [0.3, 0.4) is 0 Å². The molecule has 2 aliphatic heterocycles. The van der Waals surface area contributed by atoms with Crippen molar-refractivity contribution in [1.29, 1.82) is 0 Å². The highest BCUT2D eigenvalue weighted by atomic mass is 32.2. The summed E-state index contributed by atoms with van der Waals surface area (Å²) in [4.78, 5) is 12.3. The fourth-order valence-electron chi connectivity index (χ4n) is 6.66. The van der Waals surface area contributed by atoms with E-state index in [9.17, 15) is 18.3 Å². The van der Waals surface area contributed by atoms with Gasteiger partial charge < -0.3 is 14.6 Å². The largest absolute Gasteiger partial charge is 0.477 e. The lowest BCUT2D eigenvalue weighted by molar-refractivity contribution is -0.252. The van der Waals surface area contributed by atoms with Crippen molar-refractivity contribution in [3.8, 4) is 5.75 Å². The zero-order valence-electron chi connectivity index (χ0n) is 19.2. The van der Waals surface area contributed by atoms with Crippen LogP contribution in [0.5, 0.6) is 5.75 Å². The second-order valence-corrected chi connectivity index (χ2v) is 12.1. The molecule has 2 aliphatic carbocycles. The molecule has 4 aliphatic rings. The molecular formula is C25H35NO6S. The van der Waals surface area contributed by atoms with Crippen molar-refractivity contribution < 1.29 is 27.8 Å². The van der Waals surface area contributed by atoms with Crippen LogP contribution in [0.2, 0.25) is 0 Å². The maximum Gasteiger partial charge on any atom is 0.373 e. The molecule has 182 valence electrons.